The fourth-order valence-electron chi connectivity index (χ4n) is 1.63. The molecule has 2 rings (SSSR count). The number of carbonyl (C=O) groups excluding carboxylic acids is 1. The van der Waals surface area contributed by atoms with Gasteiger partial charge in [-0.15, -0.1) is 11.3 Å². The Morgan fingerprint density at radius 1 is 1.42 bits per heavy atom. The quantitative estimate of drug-likeness (QED) is 0.847. The molecule has 100 valence electrons. The lowest BCUT2D eigenvalue weighted by Gasteiger charge is -2.09. The lowest BCUT2D eigenvalue weighted by Crippen LogP contribution is -2.21. The zero-order chi connectivity index (χ0) is 13.8. The van der Waals surface area contributed by atoms with Gasteiger partial charge in [-0.2, -0.15) is 0 Å². The molecule has 0 radical (unpaired) electrons. The molecule has 1 heterocycles. The standard InChI is InChI=1S/C14H15BrN2OS/c1-3-12(15)14(18)17-11-6-4-10(5-7-11)13-8-19-9(2)16-13/h4-8,12H,3H2,1-2H3,(H,17,18). The van der Waals surface area contributed by atoms with Crippen molar-refractivity contribution < 1.29 is 4.79 Å². The van der Waals surface area contributed by atoms with Gasteiger partial charge in [0.1, 0.15) is 0 Å². The first kappa shape index (κ1) is 14.2. The number of carbonyl (C=O) groups is 1. The Labute approximate surface area is 125 Å². The molecule has 0 bridgehead atoms. The van der Waals surface area contributed by atoms with Crippen LogP contribution in [0.5, 0.6) is 0 Å². The van der Waals surface area contributed by atoms with Crippen molar-refractivity contribution in [2.24, 2.45) is 0 Å². The second kappa shape index (κ2) is 6.30. The largest absolute Gasteiger partial charge is 0.325 e. The summed E-state index contributed by atoms with van der Waals surface area (Å²) in [6.07, 6.45) is 0.766. The molecule has 0 fully saturated rings. The van der Waals surface area contributed by atoms with Gasteiger partial charge in [-0.3, -0.25) is 4.79 Å². The van der Waals surface area contributed by atoms with Crippen molar-refractivity contribution in [3.63, 3.8) is 0 Å². The molecule has 2 aromatic rings. The summed E-state index contributed by atoms with van der Waals surface area (Å²) in [6.45, 7) is 3.95. The second-order valence-electron chi connectivity index (χ2n) is 4.19. The third-order valence-corrected chi connectivity index (χ3v) is 4.55. The third kappa shape index (κ3) is 3.64. The normalized spacial score (nSPS) is 12.2. The van der Waals surface area contributed by atoms with Crippen LogP contribution >= 0.6 is 27.3 Å². The molecule has 3 nitrogen and oxygen atoms in total. The molecule has 0 spiro atoms. The van der Waals surface area contributed by atoms with E-state index >= 15 is 0 Å². The number of thiazole rings is 1. The highest BCUT2D eigenvalue weighted by atomic mass is 79.9. The van der Waals surface area contributed by atoms with Crippen LogP contribution < -0.4 is 5.32 Å². The maximum Gasteiger partial charge on any atom is 0.238 e. The highest BCUT2D eigenvalue weighted by Crippen LogP contribution is 2.23. The average Bonchev–Trinajstić information content (AvgIpc) is 2.85. The molecule has 1 amide bonds. The Hall–Kier alpha value is -1.20. The molecular formula is C14H15BrN2OS. The topological polar surface area (TPSA) is 42.0 Å². The van der Waals surface area contributed by atoms with Gasteiger partial charge in [-0.05, 0) is 25.5 Å². The summed E-state index contributed by atoms with van der Waals surface area (Å²) in [7, 11) is 0. The molecule has 1 N–H and O–H groups in total. The summed E-state index contributed by atoms with van der Waals surface area (Å²) in [5.41, 5.74) is 2.85. The summed E-state index contributed by atoms with van der Waals surface area (Å²) < 4.78 is 0. The zero-order valence-electron chi connectivity index (χ0n) is 10.8. The Bertz CT molecular complexity index is 565. The maximum absolute atomic E-state index is 11.7. The first-order valence-electron chi connectivity index (χ1n) is 6.07. The number of nitrogens with zero attached hydrogens (tertiary/aromatic N) is 1. The molecule has 1 aromatic heterocycles. The lowest BCUT2D eigenvalue weighted by molar-refractivity contribution is -0.115. The Balaban J connectivity index is 2.08. The number of halogens is 1. The van der Waals surface area contributed by atoms with Gasteiger partial charge in [0, 0.05) is 16.6 Å². The molecule has 0 saturated carbocycles. The van der Waals surface area contributed by atoms with Crippen LogP contribution in [-0.4, -0.2) is 15.7 Å². The fraction of sp³-hybridized carbons (Fsp3) is 0.286. The highest BCUT2D eigenvalue weighted by Gasteiger charge is 2.12. The molecule has 0 aliphatic rings. The monoisotopic (exact) mass is 338 g/mol. The van der Waals surface area contributed by atoms with E-state index in [-0.39, 0.29) is 10.7 Å². The smallest absolute Gasteiger partial charge is 0.238 e. The third-order valence-electron chi connectivity index (χ3n) is 2.71. The number of hydrogen-bond acceptors (Lipinski definition) is 3. The molecule has 5 heteroatoms. The minimum atomic E-state index is -0.145. The van der Waals surface area contributed by atoms with E-state index in [9.17, 15) is 4.79 Å². The Morgan fingerprint density at radius 3 is 2.63 bits per heavy atom. The Morgan fingerprint density at radius 2 is 2.11 bits per heavy atom. The van der Waals surface area contributed by atoms with E-state index < -0.39 is 0 Å². The number of anilines is 1. The van der Waals surface area contributed by atoms with Crippen LogP contribution in [0.25, 0.3) is 11.3 Å². The van der Waals surface area contributed by atoms with Crippen molar-refractivity contribution in [3.8, 4) is 11.3 Å². The van der Waals surface area contributed by atoms with Crippen LogP contribution in [0.4, 0.5) is 5.69 Å². The van der Waals surface area contributed by atoms with Crippen LogP contribution in [0.3, 0.4) is 0 Å². The minimum absolute atomic E-state index is 0.0141. The Kier molecular flexibility index (Phi) is 4.71. The van der Waals surface area contributed by atoms with E-state index in [1.807, 2.05) is 43.5 Å². The van der Waals surface area contributed by atoms with Gasteiger partial charge < -0.3 is 5.32 Å². The van der Waals surface area contributed by atoms with E-state index in [4.69, 9.17) is 0 Å². The van der Waals surface area contributed by atoms with Gasteiger partial charge in [0.25, 0.3) is 0 Å². The number of aryl methyl sites for hydroxylation is 1. The number of alkyl halides is 1. The summed E-state index contributed by atoms with van der Waals surface area (Å²) in [4.78, 5) is 16.0. The van der Waals surface area contributed by atoms with Gasteiger partial charge in [0.2, 0.25) is 5.91 Å². The van der Waals surface area contributed by atoms with Gasteiger partial charge in [-0.25, -0.2) is 4.98 Å². The summed E-state index contributed by atoms with van der Waals surface area (Å²) in [6, 6.07) is 7.74. The van der Waals surface area contributed by atoms with Crippen LogP contribution in [0, 0.1) is 6.92 Å². The minimum Gasteiger partial charge on any atom is -0.325 e. The number of aromatic nitrogens is 1. The fourth-order valence-corrected chi connectivity index (χ4v) is 2.36. The van der Waals surface area contributed by atoms with Gasteiger partial charge in [0.05, 0.1) is 15.5 Å². The number of amides is 1. The summed E-state index contributed by atoms with van der Waals surface area (Å²) in [5, 5.41) is 5.96. The molecule has 0 aliphatic heterocycles. The molecule has 19 heavy (non-hydrogen) atoms. The number of benzene rings is 1. The zero-order valence-corrected chi connectivity index (χ0v) is 13.2. The van der Waals surface area contributed by atoms with Crippen molar-refractivity contribution >= 4 is 38.9 Å². The predicted molar refractivity (Wildman–Crippen MR) is 83.9 cm³/mol. The van der Waals surface area contributed by atoms with E-state index in [0.717, 1.165) is 28.4 Å². The van der Waals surface area contributed by atoms with Crippen LogP contribution in [0.1, 0.15) is 18.4 Å². The van der Waals surface area contributed by atoms with Crippen molar-refractivity contribution in [2.45, 2.75) is 25.1 Å². The van der Waals surface area contributed by atoms with Crippen LogP contribution in [-0.2, 0) is 4.79 Å². The number of rotatable bonds is 4. The number of hydrogen-bond donors (Lipinski definition) is 1. The van der Waals surface area contributed by atoms with Crippen molar-refractivity contribution in [2.75, 3.05) is 5.32 Å². The van der Waals surface area contributed by atoms with Gasteiger partial charge in [0.15, 0.2) is 0 Å². The van der Waals surface area contributed by atoms with Crippen molar-refractivity contribution in [1.29, 1.82) is 0 Å². The molecule has 1 unspecified atom stereocenters. The molecule has 1 aromatic carbocycles. The SMILES string of the molecule is CCC(Br)C(=O)Nc1ccc(-c2csc(C)n2)cc1. The van der Waals surface area contributed by atoms with Gasteiger partial charge >= 0.3 is 0 Å². The molecule has 1 atom stereocenters. The van der Waals surface area contributed by atoms with Crippen LogP contribution in [0.15, 0.2) is 29.6 Å². The molecular weight excluding hydrogens is 324 g/mol. The predicted octanol–water partition coefficient (Wildman–Crippen LogP) is 4.23. The molecule has 0 aliphatic carbocycles. The number of nitrogens with one attached hydrogen (secondary N) is 1. The molecule has 0 saturated heterocycles. The van der Waals surface area contributed by atoms with Gasteiger partial charge in [-0.1, -0.05) is 35.0 Å². The van der Waals surface area contributed by atoms with Crippen LogP contribution in [0.2, 0.25) is 0 Å². The van der Waals surface area contributed by atoms with E-state index in [2.05, 4.69) is 26.2 Å². The highest BCUT2D eigenvalue weighted by molar-refractivity contribution is 9.10. The van der Waals surface area contributed by atoms with Crippen molar-refractivity contribution in [1.82, 2.24) is 4.98 Å². The first-order valence-corrected chi connectivity index (χ1v) is 7.87. The lowest BCUT2D eigenvalue weighted by atomic mass is 10.1. The van der Waals surface area contributed by atoms with E-state index in [1.165, 1.54) is 0 Å². The summed E-state index contributed by atoms with van der Waals surface area (Å²) >= 11 is 4.97. The average molecular weight is 339 g/mol. The van der Waals surface area contributed by atoms with E-state index in [1.54, 1.807) is 11.3 Å². The second-order valence-corrected chi connectivity index (χ2v) is 6.36. The first-order chi connectivity index (χ1) is 9.10. The van der Waals surface area contributed by atoms with Crippen molar-refractivity contribution in [3.05, 3.63) is 34.7 Å². The van der Waals surface area contributed by atoms with E-state index in [0.29, 0.717) is 0 Å². The maximum atomic E-state index is 11.7. The summed E-state index contributed by atoms with van der Waals surface area (Å²) in [5.74, 6) is -0.0141.